The van der Waals surface area contributed by atoms with Gasteiger partial charge in [0.1, 0.15) is 11.6 Å². The molecule has 0 aliphatic heterocycles. The van der Waals surface area contributed by atoms with Crippen molar-refractivity contribution in [1.29, 1.82) is 0 Å². The summed E-state index contributed by atoms with van der Waals surface area (Å²) in [6.07, 6.45) is 0.243. The number of anilines is 1. The minimum atomic E-state index is -1.79. The van der Waals surface area contributed by atoms with Crippen molar-refractivity contribution in [3.05, 3.63) is 106 Å². The summed E-state index contributed by atoms with van der Waals surface area (Å²) in [4.78, 5) is 61.5. The van der Waals surface area contributed by atoms with Gasteiger partial charge in [-0.25, -0.2) is 9.18 Å². The van der Waals surface area contributed by atoms with Gasteiger partial charge in [-0.3, -0.25) is 19.2 Å². The van der Waals surface area contributed by atoms with Crippen LogP contribution in [0.5, 0.6) is 5.75 Å². The van der Waals surface area contributed by atoms with E-state index in [4.69, 9.17) is 9.84 Å². The zero-order chi connectivity index (χ0) is 27.4. The van der Waals surface area contributed by atoms with Crippen molar-refractivity contribution < 1.29 is 33.4 Å². The van der Waals surface area contributed by atoms with E-state index < -0.39 is 46.7 Å². The maximum absolute atomic E-state index is 13.4. The van der Waals surface area contributed by atoms with Gasteiger partial charge >= 0.3 is 5.97 Å². The lowest BCUT2D eigenvalue weighted by Crippen LogP contribution is -2.24. The lowest BCUT2D eigenvalue weighted by molar-refractivity contribution is -0.148. The van der Waals surface area contributed by atoms with Crippen molar-refractivity contribution >= 4 is 40.0 Å². The average molecular weight is 516 g/mol. The summed E-state index contributed by atoms with van der Waals surface area (Å²) in [5, 5.41) is 11.6. The van der Waals surface area contributed by atoms with E-state index in [1.165, 1.54) is 49.7 Å². The van der Waals surface area contributed by atoms with E-state index in [9.17, 15) is 28.4 Å². The zero-order valence-electron chi connectivity index (χ0n) is 20.1. The van der Waals surface area contributed by atoms with Crippen LogP contribution in [0.15, 0.2) is 77.7 Å². The molecule has 0 saturated carbocycles. The number of carbonyl (C=O) groups is 4. The fraction of sp³-hybridized carbons (Fsp3) is 0.107. The first-order valence-electron chi connectivity index (χ1n) is 11.3. The van der Waals surface area contributed by atoms with E-state index >= 15 is 0 Å². The molecule has 0 saturated heterocycles. The Morgan fingerprint density at radius 1 is 0.974 bits per heavy atom. The minimum Gasteiger partial charge on any atom is -0.497 e. The number of rotatable bonds is 9. The SMILES string of the molecule is COc1ccc(NC(=O)c2ccc3c(c2)c(=O)c(C(=O)CC(=O)C(=O)O)cn3Cc2ccc(F)cc2)cc1. The summed E-state index contributed by atoms with van der Waals surface area (Å²) >= 11 is 0. The standard InChI is InChI=1S/C28H21FN2O7/c1-38-20-9-7-19(8-10-20)30-27(35)17-4-11-23-21(12-17)26(34)22(24(32)13-25(33)28(36)37)15-31(23)14-16-2-5-18(29)6-3-16/h2-12,15H,13-14H2,1H3,(H,30,35)(H,36,37). The Bertz CT molecular complexity index is 1620. The number of benzene rings is 3. The molecule has 1 amide bonds. The van der Waals surface area contributed by atoms with E-state index in [-0.39, 0.29) is 17.5 Å². The van der Waals surface area contributed by atoms with Gasteiger partial charge in [0, 0.05) is 29.4 Å². The molecule has 0 aliphatic carbocycles. The maximum Gasteiger partial charge on any atom is 0.372 e. The second-order valence-electron chi connectivity index (χ2n) is 8.37. The van der Waals surface area contributed by atoms with Gasteiger partial charge in [0.05, 0.1) is 24.6 Å². The third-order valence-corrected chi connectivity index (χ3v) is 5.82. The van der Waals surface area contributed by atoms with Gasteiger partial charge in [0.2, 0.25) is 5.78 Å². The number of fused-ring (bicyclic) bond motifs is 1. The smallest absolute Gasteiger partial charge is 0.372 e. The predicted molar refractivity (Wildman–Crippen MR) is 136 cm³/mol. The van der Waals surface area contributed by atoms with Gasteiger partial charge in [0.15, 0.2) is 11.2 Å². The van der Waals surface area contributed by atoms with Gasteiger partial charge in [0.25, 0.3) is 5.91 Å². The van der Waals surface area contributed by atoms with Crippen LogP contribution >= 0.6 is 0 Å². The number of methoxy groups -OCH3 is 1. The summed E-state index contributed by atoms with van der Waals surface area (Å²) in [6.45, 7) is 0.127. The number of pyridine rings is 1. The van der Waals surface area contributed by atoms with E-state index in [1.54, 1.807) is 34.9 Å². The summed E-state index contributed by atoms with van der Waals surface area (Å²) in [6, 6.07) is 16.6. The molecule has 38 heavy (non-hydrogen) atoms. The van der Waals surface area contributed by atoms with Crippen molar-refractivity contribution in [1.82, 2.24) is 4.57 Å². The topological polar surface area (TPSA) is 132 Å². The fourth-order valence-electron chi connectivity index (χ4n) is 3.85. The van der Waals surface area contributed by atoms with Crippen molar-refractivity contribution in [3.63, 3.8) is 0 Å². The molecule has 1 aromatic heterocycles. The molecule has 2 N–H and O–H groups in total. The van der Waals surface area contributed by atoms with Crippen LogP contribution in [0.1, 0.15) is 32.7 Å². The fourth-order valence-corrected chi connectivity index (χ4v) is 3.85. The largest absolute Gasteiger partial charge is 0.497 e. The first kappa shape index (κ1) is 26.0. The van der Waals surface area contributed by atoms with Gasteiger partial charge in [-0.15, -0.1) is 0 Å². The Morgan fingerprint density at radius 3 is 2.29 bits per heavy atom. The Hall–Kier alpha value is -5.12. The molecular weight excluding hydrogens is 495 g/mol. The van der Waals surface area contributed by atoms with Crippen LogP contribution in [0.4, 0.5) is 10.1 Å². The minimum absolute atomic E-state index is 0.0168. The second-order valence-corrected chi connectivity index (χ2v) is 8.37. The Kier molecular flexibility index (Phi) is 7.43. The third kappa shape index (κ3) is 5.65. The number of carbonyl (C=O) groups excluding carboxylic acids is 3. The molecular formula is C28H21FN2O7. The molecule has 10 heteroatoms. The predicted octanol–water partition coefficient (Wildman–Crippen LogP) is 3.68. The molecule has 0 unspecified atom stereocenters. The quantitative estimate of drug-likeness (QED) is 0.197. The Balaban J connectivity index is 1.77. The Labute approximate surface area is 215 Å². The van der Waals surface area contributed by atoms with Gasteiger partial charge < -0.3 is 19.7 Å². The summed E-state index contributed by atoms with van der Waals surface area (Å²) in [7, 11) is 1.52. The molecule has 0 radical (unpaired) electrons. The van der Waals surface area contributed by atoms with Crippen molar-refractivity contribution in [3.8, 4) is 5.75 Å². The molecule has 4 rings (SSSR count). The molecule has 4 aromatic rings. The van der Waals surface area contributed by atoms with E-state index in [0.717, 1.165) is 0 Å². The number of carboxylic acid groups (broad SMARTS) is 1. The average Bonchev–Trinajstić information content (AvgIpc) is 2.91. The number of hydrogen-bond donors (Lipinski definition) is 2. The van der Waals surface area contributed by atoms with Crippen molar-refractivity contribution in [2.75, 3.05) is 12.4 Å². The highest BCUT2D eigenvalue weighted by Crippen LogP contribution is 2.20. The summed E-state index contributed by atoms with van der Waals surface area (Å²) < 4.78 is 20.0. The van der Waals surface area contributed by atoms with Crippen molar-refractivity contribution in [2.24, 2.45) is 0 Å². The monoisotopic (exact) mass is 516 g/mol. The summed E-state index contributed by atoms with van der Waals surface area (Å²) in [5.41, 5.74) is 0.490. The number of halogens is 1. The Morgan fingerprint density at radius 2 is 1.66 bits per heavy atom. The number of nitrogens with one attached hydrogen (secondary N) is 1. The van der Waals surface area contributed by atoms with E-state index in [2.05, 4.69) is 5.32 Å². The molecule has 0 fully saturated rings. The number of carboxylic acids is 1. The number of ether oxygens (including phenoxy) is 1. The second kappa shape index (κ2) is 10.9. The molecule has 9 nitrogen and oxygen atoms in total. The summed E-state index contributed by atoms with van der Waals surface area (Å²) in [5.74, 6) is -4.46. The number of aromatic nitrogens is 1. The van der Waals surface area contributed by atoms with Crippen LogP contribution in [0.25, 0.3) is 10.9 Å². The highest BCUT2D eigenvalue weighted by atomic mass is 19.1. The number of hydrogen-bond acceptors (Lipinski definition) is 6. The van der Waals surface area contributed by atoms with Crippen LogP contribution in [-0.2, 0) is 16.1 Å². The van der Waals surface area contributed by atoms with Crippen LogP contribution in [0.2, 0.25) is 0 Å². The lowest BCUT2D eigenvalue weighted by Gasteiger charge is -2.14. The first-order valence-corrected chi connectivity index (χ1v) is 11.3. The number of ketones is 2. The maximum atomic E-state index is 13.4. The van der Waals surface area contributed by atoms with Gasteiger partial charge in [-0.1, -0.05) is 12.1 Å². The zero-order valence-corrected chi connectivity index (χ0v) is 20.1. The first-order chi connectivity index (χ1) is 18.2. The van der Waals surface area contributed by atoms with Crippen LogP contribution in [-0.4, -0.2) is 40.2 Å². The number of amides is 1. The van der Waals surface area contributed by atoms with Gasteiger partial charge in [-0.05, 0) is 60.2 Å². The van der Waals surface area contributed by atoms with Gasteiger partial charge in [-0.2, -0.15) is 0 Å². The highest BCUT2D eigenvalue weighted by Gasteiger charge is 2.22. The molecule has 0 atom stereocenters. The molecule has 192 valence electrons. The molecule has 0 spiro atoms. The molecule has 0 aliphatic rings. The van der Waals surface area contributed by atoms with Crippen LogP contribution in [0, 0.1) is 5.82 Å². The van der Waals surface area contributed by atoms with Crippen LogP contribution < -0.4 is 15.5 Å². The van der Waals surface area contributed by atoms with Crippen LogP contribution in [0.3, 0.4) is 0 Å². The number of aliphatic carboxylic acids is 1. The lowest BCUT2D eigenvalue weighted by atomic mass is 10.0. The van der Waals surface area contributed by atoms with E-state index in [0.29, 0.717) is 22.5 Å². The normalized spacial score (nSPS) is 10.7. The molecule has 1 heterocycles. The van der Waals surface area contributed by atoms with Crippen molar-refractivity contribution in [2.45, 2.75) is 13.0 Å². The molecule has 0 bridgehead atoms. The number of nitrogens with zero attached hydrogens (tertiary/aromatic N) is 1. The van der Waals surface area contributed by atoms with E-state index in [1.807, 2.05) is 0 Å². The number of Topliss-reactive ketones (excluding diaryl/α,β-unsaturated/α-hetero) is 2. The molecule has 3 aromatic carbocycles. The third-order valence-electron chi connectivity index (χ3n) is 5.82. The highest BCUT2D eigenvalue weighted by molar-refractivity contribution is 6.37.